The molecule has 1 aliphatic heterocycles. The van der Waals surface area contributed by atoms with E-state index in [9.17, 15) is 31.5 Å². The van der Waals surface area contributed by atoms with Crippen molar-refractivity contribution >= 4 is 28.9 Å². The van der Waals surface area contributed by atoms with Gasteiger partial charge >= 0.3 is 6.18 Å². The highest BCUT2D eigenvalue weighted by atomic mass is 19.4. The summed E-state index contributed by atoms with van der Waals surface area (Å²) in [5.41, 5.74) is -1.09. The number of hydrogen-bond acceptors (Lipinski definition) is 4. The molecule has 34 heavy (non-hydrogen) atoms. The number of aryl methyl sites for hydroxylation is 1. The van der Waals surface area contributed by atoms with Crippen molar-refractivity contribution in [3.8, 4) is 0 Å². The SMILES string of the molecule is Cc1cccc(C(=O)NC(C)C)c1NC(=O)CC1CC(C(F)(F)F)=NN1c1c(F)cccc1F. The average molecular weight is 482 g/mol. The van der Waals surface area contributed by atoms with Gasteiger partial charge in [0.05, 0.1) is 17.3 Å². The number of para-hydroxylation sites is 2. The molecular weight excluding hydrogens is 459 g/mol. The van der Waals surface area contributed by atoms with Crippen molar-refractivity contribution in [3.05, 3.63) is 59.2 Å². The second-order valence-electron chi connectivity index (χ2n) is 8.20. The summed E-state index contributed by atoms with van der Waals surface area (Å²) in [4.78, 5) is 25.4. The molecule has 0 bridgehead atoms. The fourth-order valence-electron chi connectivity index (χ4n) is 3.60. The summed E-state index contributed by atoms with van der Waals surface area (Å²) in [5.74, 6) is -3.39. The highest BCUT2D eigenvalue weighted by Crippen LogP contribution is 2.35. The van der Waals surface area contributed by atoms with Crippen LogP contribution in [0, 0.1) is 18.6 Å². The monoisotopic (exact) mass is 482 g/mol. The lowest BCUT2D eigenvalue weighted by molar-refractivity contribution is -0.116. The van der Waals surface area contributed by atoms with E-state index >= 15 is 0 Å². The molecule has 2 N–H and O–H groups in total. The average Bonchev–Trinajstić information content (AvgIpc) is 3.12. The zero-order valence-electron chi connectivity index (χ0n) is 18.6. The number of carbonyl (C=O) groups excluding carboxylic acids is 2. The van der Waals surface area contributed by atoms with E-state index in [-0.39, 0.29) is 17.3 Å². The molecule has 0 aliphatic carbocycles. The van der Waals surface area contributed by atoms with E-state index in [1.807, 2.05) is 0 Å². The molecule has 2 aromatic rings. The maximum atomic E-state index is 14.3. The number of halogens is 5. The molecule has 6 nitrogen and oxygen atoms in total. The van der Waals surface area contributed by atoms with Gasteiger partial charge in [0.2, 0.25) is 5.91 Å². The molecule has 0 fully saturated rings. The third kappa shape index (κ3) is 5.52. The number of amides is 2. The minimum atomic E-state index is -4.83. The van der Waals surface area contributed by atoms with Crippen LogP contribution >= 0.6 is 0 Å². The van der Waals surface area contributed by atoms with Crippen LogP contribution < -0.4 is 15.6 Å². The van der Waals surface area contributed by atoms with Crippen molar-refractivity contribution in [3.63, 3.8) is 0 Å². The Morgan fingerprint density at radius 3 is 2.32 bits per heavy atom. The van der Waals surface area contributed by atoms with E-state index in [2.05, 4.69) is 15.7 Å². The Bertz CT molecular complexity index is 1110. The fraction of sp³-hybridized carbons (Fsp3) is 0.348. The normalized spacial score (nSPS) is 16.0. The number of carbonyl (C=O) groups is 2. The molecule has 1 unspecified atom stereocenters. The van der Waals surface area contributed by atoms with Crippen LogP contribution in [0.2, 0.25) is 0 Å². The summed E-state index contributed by atoms with van der Waals surface area (Å²) >= 11 is 0. The zero-order valence-corrected chi connectivity index (χ0v) is 18.6. The quantitative estimate of drug-likeness (QED) is 0.573. The van der Waals surface area contributed by atoms with E-state index < -0.39 is 59.9 Å². The van der Waals surface area contributed by atoms with Gasteiger partial charge in [0.15, 0.2) is 11.6 Å². The molecule has 1 heterocycles. The number of anilines is 2. The molecule has 3 rings (SSSR count). The van der Waals surface area contributed by atoms with Crippen LogP contribution in [-0.4, -0.2) is 35.8 Å². The van der Waals surface area contributed by atoms with Gasteiger partial charge in [0, 0.05) is 18.9 Å². The Morgan fingerprint density at radius 1 is 1.12 bits per heavy atom. The third-order valence-electron chi connectivity index (χ3n) is 5.12. The molecule has 2 amide bonds. The zero-order chi connectivity index (χ0) is 25.2. The Labute approximate surface area is 192 Å². The van der Waals surface area contributed by atoms with Gasteiger partial charge in [-0.05, 0) is 44.5 Å². The highest BCUT2D eigenvalue weighted by Gasteiger charge is 2.44. The van der Waals surface area contributed by atoms with Gasteiger partial charge in [-0.15, -0.1) is 0 Å². The number of alkyl halides is 3. The number of nitrogens with zero attached hydrogens (tertiary/aromatic N) is 2. The summed E-state index contributed by atoms with van der Waals surface area (Å²) < 4.78 is 68.6. The van der Waals surface area contributed by atoms with Gasteiger partial charge in [-0.2, -0.15) is 18.3 Å². The van der Waals surface area contributed by atoms with Gasteiger partial charge in [0.25, 0.3) is 5.91 Å². The van der Waals surface area contributed by atoms with Crippen LogP contribution in [0.15, 0.2) is 41.5 Å². The summed E-state index contributed by atoms with van der Waals surface area (Å²) in [6.07, 6.45) is -6.13. The van der Waals surface area contributed by atoms with Gasteiger partial charge < -0.3 is 10.6 Å². The van der Waals surface area contributed by atoms with Gasteiger partial charge in [-0.25, -0.2) is 8.78 Å². The Kier molecular flexibility index (Phi) is 7.23. The van der Waals surface area contributed by atoms with Crippen LogP contribution in [0.4, 0.5) is 33.3 Å². The van der Waals surface area contributed by atoms with Crippen molar-refractivity contribution in [2.24, 2.45) is 5.10 Å². The van der Waals surface area contributed by atoms with E-state index in [1.54, 1.807) is 32.9 Å². The van der Waals surface area contributed by atoms with Crippen LogP contribution in [0.5, 0.6) is 0 Å². The van der Waals surface area contributed by atoms with Crippen molar-refractivity contribution in [2.45, 2.75) is 51.9 Å². The molecule has 0 radical (unpaired) electrons. The smallest absolute Gasteiger partial charge is 0.350 e. The Morgan fingerprint density at radius 2 is 1.74 bits per heavy atom. The summed E-state index contributed by atoms with van der Waals surface area (Å²) in [6.45, 7) is 5.19. The van der Waals surface area contributed by atoms with Crippen molar-refractivity contribution in [1.82, 2.24) is 5.32 Å². The number of benzene rings is 2. The largest absolute Gasteiger partial charge is 0.431 e. The van der Waals surface area contributed by atoms with Crippen molar-refractivity contribution in [2.75, 3.05) is 10.3 Å². The first-order valence-electron chi connectivity index (χ1n) is 10.5. The number of hydrogen-bond donors (Lipinski definition) is 2. The third-order valence-corrected chi connectivity index (χ3v) is 5.12. The predicted molar refractivity (Wildman–Crippen MR) is 118 cm³/mol. The molecule has 0 aromatic heterocycles. The number of nitrogens with one attached hydrogen (secondary N) is 2. The summed E-state index contributed by atoms with van der Waals surface area (Å²) in [7, 11) is 0. The Hall–Kier alpha value is -3.50. The van der Waals surface area contributed by atoms with E-state index in [1.165, 1.54) is 6.07 Å². The molecule has 0 spiro atoms. The fourth-order valence-corrected chi connectivity index (χ4v) is 3.60. The molecule has 1 aliphatic rings. The van der Waals surface area contributed by atoms with Crippen molar-refractivity contribution in [1.29, 1.82) is 0 Å². The van der Waals surface area contributed by atoms with E-state index in [0.29, 0.717) is 10.6 Å². The molecule has 0 saturated heterocycles. The van der Waals surface area contributed by atoms with E-state index in [4.69, 9.17) is 0 Å². The van der Waals surface area contributed by atoms with Gasteiger partial charge in [0.1, 0.15) is 11.4 Å². The van der Waals surface area contributed by atoms with Gasteiger partial charge in [-0.1, -0.05) is 18.2 Å². The minimum Gasteiger partial charge on any atom is -0.350 e. The molecule has 2 aromatic carbocycles. The van der Waals surface area contributed by atoms with Crippen LogP contribution in [0.1, 0.15) is 42.6 Å². The highest BCUT2D eigenvalue weighted by molar-refractivity contribution is 6.05. The standard InChI is InChI=1S/C23H23F5N4O2/c1-12(2)29-22(34)15-7-4-6-13(3)20(15)30-19(33)11-14-10-18(23(26,27)28)31-32(14)21-16(24)8-5-9-17(21)25/h4-9,12,14H,10-11H2,1-3H3,(H,29,34)(H,30,33). The van der Waals surface area contributed by atoms with Crippen LogP contribution in [0.3, 0.4) is 0 Å². The lowest BCUT2D eigenvalue weighted by Gasteiger charge is -2.24. The molecule has 1 atom stereocenters. The summed E-state index contributed by atoms with van der Waals surface area (Å²) in [6, 6.07) is 6.18. The predicted octanol–water partition coefficient (Wildman–Crippen LogP) is 4.94. The minimum absolute atomic E-state index is 0.169. The number of hydrazone groups is 1. The lowest BCUT2D eigenvalue weighted by atomic mass is 10.0. The first kappa shape index (κ1) is 25.1. The summed E-state index contributed by atoms with van der Waals surface area (Å²) in [5, 5.41) is 9.24. The molecule has 182 valence electrons. The molecule has 0 saturated carbocycles. The van der Waals surface area contributed by atoms with Crippen molar-refractivity contribution < 1.29 is 31.5 Å². The maximum Gasteiger partial charge on any atom is 0.431 e. The first-order chi connectivity index (χ1) is 15.9. The van der Waals surface area contributed by atoms with E-state index in [0.717, 1.165) is 18.2 Å². The van der Waals surface area contributed by atoms with Crippen LogP contribution in [-0.2, 0) is 4.79 Å². The van der Waals surface area contributed by atoms with Gasteiger partial charge in [-0.3, -0.25) is 14.6 Å². The Balaban J connectivity index is 1.88. The second-order valence-corrected chi connectivity index (χ2v) is 8.20. The lowest BCUT2D eigenvalue weighted by Crippen LogP contribution is -2.34. The molecular formula is C23H23F5N4O2. The topological polar surface area (TPSA) is 73.8 Å². The maximum absolute atomic E-state index is 14.3. The number of rotatable bonds is 6. The second kappa shape index (κ2) is 9.78. The van der Waals surface area contributed by atoms with Crippen LogP contribution in [0.25, 0.3) is 0 Å². The first-order valence-corrected chi connectivity index (χ1v) is 10.5. The molecule has 11 heteroatoms.